The third kappa shape index (κ3) is 2.38. The molecular formula is C12H22N2O2. The molecule has 2 N–H and O–H groups in total. The van der Waals surface area contributed by atoms with Gasteiger partial charge in [-0.3, -0.25) is 4.79 Å². The second kappa shape index (κ2) is 4.72. The van der Waals surface area contributed by atoms with Crippen molar-refractivity contribution in [1.29, 1.82) is 0 Å². The molecular weight excluding hydrogens is 204 g/mol. The van der Waals surface area contributed by atoms with E-state index in [1.54, 1.807) is 0 Å². The van der Waals surface area contributed by atoms with E-state index in [1.165, 1.54) is 19.3 Å². The number of rotatable bonds is 5. The number of hydrogen-bond acceptors (Lipinski definition) is 3. The van der Waals surface area contributed by atoms with Gasteiger partial charge in [0.2, 0.25) is 5.91 Å². The van der Waals surface area contributed by atoms with Crippen LogP contribution in [0.25, 0.3) is 0 Å². The topological polar surface area (TPSA) is 50.4 Å². The maximum Gasteiger partial charge on any atom is 0.227 e. The Kier molecular flexibility index (Phi) is 3.50. The Morgan fingerprint density at radius 3 is 2.75 bits per heavy atom. The second-order valence-corrected chi connectivity index (χ2v) is 5.11. The smallest absolute Gasteiger partial charge is 0.227 e. The molecule has 1 saturated carbocycles. The Labute approximate surface area is 97.1 Å². The fourth-order valence-corrected chi connectivity index (χ4v) is 2.34. The van der Waals surface area contributed by atoms with Gasteiger partial charge >= 0.3 is 0 Å². The van der Waals surface area contributed by atoms with Crippen LogP contribution in [0.15, 0.2) is 0 Å². The first-order valence-electron chi connectivity index (χ1n) is 6.23. The first-order chi connectivity index (χ1) is 7.71. The van der Waals surface area contributed by atoms with E-state index in [-0.39, 0.29) is 17.9 Å². The summed E-state index contributed by atoms with van der Waals surface area (Å²) in [6, 6.07) is 0.178. The molecule has 1 saturated heterocycles. The van der Waals surface area contributed by atoms with E-state index >= 15 is 0 Å². The highest BCUT2D eigenvalue weighted by Gasteiger charge is 2.41. The van der Waals surface area contributed by atoms with Crippen LogP contribution in [0.4, 0.5) is 0 Å². The maximum absolute atomic E-state index is 12.0. The van der Waals surface area contributed by atoms with Crippen molar-refractivity contribution < 1.29 is 9.53 Å². The zero-order chi connectivity index (χ0) is 11.6. The predicted octanol–water partition coefficient (Wildman–Crippen LogP) is 0.527. The van der Waals surface area contributed by atoms with Crippen molar-refractivity contribution in [1.82, 2.24) is 10.6 Å². The maximum atomic E-state index is 12.0. The highest BCUT2D eigenvalue weighted by Crippen LogP contribution is 2.47. The molecule has 2 aliphatic rings. The molecule has 0 radical (unpaired) electrons. The van der Waals surface area contributed by atoms with Gasteiger partial charge in [-0.05, 0) is 31.7 Å². The van der Waals surface area contributed by atoms with Crippen LogP contribution in [-0.4, -0.2) is 38.8 Å². The monoisotopic (exact) mass is 226 g/mol. The van der Waals surface area contributed by atoms with E-state index in [9.17, 15) is 4.79 Å². The molecule has 16 heavy (non-hydrogen) atoms. The summed E-state index contributed by atoms with van der Waals surface area (Å²) in [5.74, 6) is 0.134. The number of ether oxygens (including phenoxy) is 1. The Hall–Kier alpha value is -0.610. The summed E-state index contributed by atoms with van der Waals surface area (Å²) in [5.41, 5.74) is 0.421. The number of hydrogen-bond donors (Lipinski definition) is 2. The van der Waals surface area contributed by atoms with E-state index in [4.69, 9.17) is 4.74 Å². The predicted molar refractivity (Wildman–Crippen MR) is 62.1 cm³/mol. The number of carbonyl (C=O) groups is 1. The third-order valence-corrected chi connectivity index (χ3v) is 4.13. The first-order valence-corrected chi connectivity index (χ1v) is 6.23. The lowest BCUT2D eigenvalue weighted by atomic mass is 10.0. The van der Waals surface area contributed by atoms with Crippen molar-refractivity contribution in [2.45, 2.75) is 32.2 Å². The van der Waals surface area contributed by atoms with Crippen molar-refractivity contribution in [3.63, 3.8) is 0 Å². The molecule has 1 heterocycles. The van der Waals surface area contributed by atoms with Gasteiger partial charge in [0, 0.05) is 12.6 Å². The van der Waals surface area contributed by atoms with E-state index < -0.39 is 0 Å². The normalized spacial score (nSPS) is 31.4. The van der Waals surface area contributed by atoms with Gasteiger partial charge in [-0.1, -0.05) is 6.92 Å². The number of amides is 1. The van der Waals surface area contributed by atoms with Gasteiger partial charge in [-0.2, -0.15) is 0 Å². The fraction of sp³-hybridized carbons (Fsp3) is 0.917. The molecule has 4 nitrogen and oxygen atoms in total. The quantitative estimate of drug-likeness (QED) is 0.719. The van der Waals surface area contributed by atoms with Gasteiger partial charge in [-0.25, -0.2) is 0 Å². The van der Waals surface area contributed by atoms with Crippen molar-refractivity contribution in [2.24, 2.45) is 11.3 Å². The molecule has 92 valence electrons. The van der Waals surface area contributed by atoms with Crippen LogP contribution in [0.3, 0.4) is 0 Å². The van der Waals surface area contributed by atoms with Gasteiger partial charge in [-0.15, -0.1) is 0 Å². The molecule has 2 rings (SSSR count). The molecule has 2 atom stereocenters. The fourth-order valence-electron chi connectivity index (χ4n) is 2.34. The highest BCUT2D eigenvalue weighted by molar-refractivity contribution is 5.80. The molecule has 0 aromatic rings. The second-order valence-electron chi connectivity index (χ2n) is 5.11. The molecule has 1 aliphatic heterocycles. The Morgan fingerprint density at radius 1 is 1.44 bits per heavy atom. The van der Waals surface area contributed by atoms with Gasteiger partial charge in [0.1, 0.15) is 0 Å². The van der Waals surface area contributed by atoms with Gasteiger partial charge in [0.15, 0.2) is 0 Å². The van der Waals surface area contributed by atoms with Crippen LogP contribution >= 0.6 is 0 Å². The average Bonchev–Trinajstić information content (AvgIpc) is 2.94. The SMILES string of the molecule is CCC1(CNC(=O)C2COCC2NC)CC1. The van der Waals surface area contributed by atoms with E-state index in [0.717, 1.165) is 6.54 Å². The Balaban J connectivity index is 1.79. The summed E-state index contributed by atoms with van der Waals surface area (Å²) < 4.78 is 5.33. The van der Waals surface area contributed by atoms with E-state index in [0.29, 0.717) is 18.6 Å². The summed E-state index contributed by atoms with van der Waals surface area (Å²) in [5, 5.41) is 6.22. The Bertz CT molecular complexity index is 264. The van der Waals surface area contributed by atoms with Gasteiger partial charge in [0.05, 0.1) is 19.1 Å². The van der Waals surface area contributed by atoms with Crippen LogP contribution < -0.4 is 10.6 Å². The largest absolute Gasteiger partial charge is 0.379 e. The minimum atomic E-state index is -0.0161. The molecule has 0 bridgehead atoms. The lowest BCUT2D eigenvalue weighted by Gasteiger charge is -2.19. The van der Waals surface area contributed by atoms with Crippen molar-refractivity contribution in [3.05, 3.63) is 0 Å². The summed E-state index contributed by atoms with van der Waals surface area (Å²) >= 11 is 0. The van der Waals surface area contributed by atoms with Crippen LogP contribution in [0.2, 0.25) is 0 Å². The molecule has 1 amide bonds. The standard InChI is InChI=1S/C12H22N2O2/c1-3-12(4-5-12)8-14-11(15)9-6-16-7-10(9)13-2/h9-10,13H,3-8H2,1-2H3,(H,14,15). The van der Waals surface area contributed by atoms with Crippen molar-refractivity contribution >= 4 is 5.91 Å². The lowest BCUT2D eigenvalue weighted by molar-refractivity contribution is -0.125. The van der Waals surface area contributed by atoms with Gasteiger partial charge < -0.3 is 15.4 Å². The zero-order valence-corrected chi connectivity index (χ0v) is 10.2. The molecule has 0 aromatic heterocycles. The van der Waals surface area contributed by atoms with Crippen LogP contribution in [-0.2, 0) is 9.53 Å². The van der Waals surface area contributed by atoms with E-state index in [2.05, 4.69) is 17.6 Å². The molecule has 2 fully saturated rings. The van der Waals surface area contributed by atoms with Crippen LogP contribution in [0, 0.1) is 11.3 Å². The first kappa shape index (κ1) is 11.9. The minimum Gasteiger partial charge on any atom is -0.379 e. The summed E-state index contributed by atoms with van der Waals surface area (Å²) in [6.07, 6.45) is 3.70. The molecule has 2 unspecified atom stereocenters. The van der Waals surface area contributed by atoms with E-state index in [1.807, 2.05) is 7.05 Å². The molecule has 1 aliphatic carbocycles. The van der Waals surface area contributed by atoms with Crippen molar-refractivity contribution in [3.8, 4) is 0 Å². The summed E-state index contributed by atoms with van der Waals surface area (Å²) in [7, 11) is 1.88. The summed E-state index contributed by atoms with van der Waals surface area (Å²) in [4.78, 5) is 12.0. The number of nitrogens with one attached hydrogen (secondary N) is 2. The Morgan fingerprint density at radius 2 is 2.19 bits per heavy atom. The third-order valence-electron chi connectivity index (χ3n) is 4.13. The molecule has 0 spiro atoms. The molecule has 4 heteroatoms. The molecule has 0 aromatic carbocycles. The summed E-state index contributed by atoms with van der Waals surface area (Å²) in [6.45, 7) is 4.24. The highest BCUT2D eigenvalue weighted by atomic mass is 16.5. The van der Waals surface area contributed by atoms with Gasteiger partial charge in [0.25, 0.3) is 0 Å². The lowest BCUT2D eigenvalue weighted by Crippen LogP contribution is -2.44. The van der Waals surface area contributed by atoms with Crippen LogP contribution in [0.1, 0.15) is 26.2 Å². The van der Waals surface area contributed by atoms with Crippen molar-refractivity contribution in [2.75, 3.05) is 26.8 Å². The number of carbonyl (C=O) groups excluding carboxylic acids is 1. The van der Waals surface area contributed by atoms with Crippen LogP contribution in [0.5, 0.6) is 0 Å². The number of likely N-dealkylation sites (N-methyl/N-ethyl adjacent to an activating group) is 1. The minimum absolute atomic E-state index is 0.0161. The zero-order valence-electron chi connectivity index (χ0n) is 10.2. The average molecular weight is 226 g/mol.